The molecule has 0 aliphatic rings. The average Bonchev–Trinajstić information content (AvgIpc) is 2.61. The van der Waals surface area contributed by atoms with Crippen LogP contribution in [-0.4, -0.2) is 21.9 Å². The van der Waals surface area contributed by atoms with Crippen molar-refractivity contribution >= 4 is 22.9 Å². The minimum Gasteiger partial charge on any atom is -0.267 e. The van der Waals surface area contributed by atoms with E-state index in [1.165, 1.54) is 19.3 Å². The molecule has 0 bridgehead atoms. The Morgan fingerprint density at radius 1 is 1.16 bits per heavy atom. The Hall–Kier alpha value is -3.42. The van der Waals surface area contributed by atoms with Crippen molar-refractivity contribution in [3.63, 3.8) is 0 Å². The molecule has 2 aromatic carbocycles. The van der Waals surface area contributed by atoms with E-state index in [9.17, 15) is 18.4 Å². The Morgan fingerprint density at radius 2 is 1.88 bits per heavy atom. The van der Waals surface area contributed by atoms with Crippen molar-refractivity contribution in [2.24, 2.45) is 12.1 Å². The molecular formula is C17H12F2N4O2. The van der Waals surface area contributed by atoms with Crippen LogP contribution in [-0.2, 0) is 7.05 Å². The summed E-state index contributed by atoms with van der Waals surface area (Å²) < 4.78 is 27.1. The second kappa shape index (κ2) is 6.60. The summed E-state index contributed by atoms with van der Waals surface area (Å²) >= 11 is 0. The Bertz CT molecular complexity index is 1060. The predicted octanol–water partition coefficient (Wildman–Crippen LogP) is 1.98. The molecule has 25 heavy (non-hydrogen) atoms. The number of halogens is 2. The van der Waals surface area contributed by atoms with E-state index >= 15 is 0 Å². The summed E-state index contributed by atoms with van der Waals surface area (Å²) in [6.07, 6.45) is 1.17. The van der Waals surface area contributed by atoms with Crippen LogP contribution in [0.15, 0.2) is 52.4 Å². The van der Waals surface area contributed by atoms with E-state index in [-0.39, 0.29) is 16.8 Å². The SMILES string of the molecule is Cn1nc(C(=O)N/N=C/c2ccc(F)c(F)c2)c2ccccc2c1=O. The lowest BCUT2D eigenvalue weighted by Crippen LogP contribution is -2.27. The first-order valence-electron chi connectivity index (χ1n) is 7.22. The van der Waals surface area contributed by atoms with Gasteiger partial charge >= 0.3 is 0 Å². The van der Waals surface area contributed by atoms with E-state index < -0.39 is 17.5 Å². The van der Waals surface area contributed by atoms with Crippen LogP contribution in [0.25, 0.3) is 10.8 Å². The van der Waals surface area contributed by atoms with Gasteiger partial charge in [0, 0.05) is 12.4 Å². The van der Waals surface area contributed by atoms with Crippen molar-refractivity contribution in [2.75, 3.05) is 0 Å². The van der Waals surface area contributed by atoms with E-state index in [2.05, 4.69) is 15.6 Å². The third-order valence-electron chi connectivity index (χ3n) is 3.49. The molecule has 0 saturated carbocycles. The Labute approximate surface area is 140 Å². The lowest BCUT2D eigenvalue weighted by molar-refractivity contribution is 0.0950. The fourth-order valence-electron chi connectivity index (χ4n) is 2.28. The van der Waals surface area contributed by atoms with Gasteiger partial charge in [0.05, 0.1) is 11.6 Å². The van der Waals surface area contributed by atoms with E-state index in [1.54, 1.807) is 24.3 Å². The molecule has 1 aromatic heterocycles. The van der Waals surface area contributed by atoms with Gasteiger partial charge in [0.2, 0.25) is 0 Å². The van der Waals surface area contributed by atoms with Crippen LogP contribution in [0, 0.1) is 11.6 Å². The summed E-state index contributed by atoms with van der Waals surface area (Å²) in [7, 11) is 1.44. The van der Waals surface area contributed by atoms with Crippen molar-refractivity contribution in [1.82, 2.24) is 15.2 Å². The molecule has 0 atom stereocenters. The first-order valence-corrected chi connectivity index (χ1v) is 7.22. The molecule has 0 spiro atoms. The topological polar surface area (TPSA) is 76.3 Å². The smallest absolute Gasteiger partial charge is 0.267 e. The van der Waals surface area contributed by atoms with Gasteiger partial charge in [-0.15, -0.1) is 0 Å². The summed E-state index contributed by atoms with van der Waals surface area (Å²) in [5.74, 6) is -2.62. The van der Waals surface area contributed by atoms with Crippen LogP contribution in [0.1, 0.15) is 16.1 Å². The van der Waals surface area contributed by atoms with Gasteiger partial charge in [-0.05, 0) is 23.8 Å². The summed E-state index contributed by atoms with van der Waals surface area (Å²) in [6, 6.07) is 9.80. The van der Waals surface area contributed by atoms with Crippen LogP contribution in [0.2, 0.25) is 0 Å². The molecule has 1 amide bonds. The minimum absolute atomic E-state index is 0.0279. The van der Waals surface area contributed by atoms with Crippen LogP contribution in [0.4, 0.5) is 8.78 Å². The Morgan fingerprint density at radius 3 is 2.60 bits per heavy atom. The number of hydrazone groups is 1. The maximum absolute atomic E-state index is 13.1. The van der Waals surface area contributed by atoms with E-state index in [4.69, 9.17) is 0 Å². The minimum atomic E-state index is -1.01. The zero-order valence-corrected chi connectivity index (χ0v) is 13.0. The Balaban J connectivity index is 1.88. The lowest BCUT2D eigenvalue weighted by atomic mass is 10.1. The number of carbonyl (C=O) groups is 1. The van der Waals surface area contributed by atoms with Crippen molar-refractivity contribution in [1.29, 1.82) is 0 Å². The molecule has 3 rings (SSSR count). The number of fused-ring (bicyclic) bond motifs is 1. The third kappa shape index (κ3) is 3.27. The molecular weight excluding hydrogens is 330 g/mol. The summed E-state index contributed by atoms with van der Waals surface area (Å²) in [5, 5.41) is 8.42. The molecule has 126 valence electrons. The van der Waals surface area contributed by atoms with Crippen LogP contribution < -0.4 is 11.0 Å². The van der Waals surface area contributed by atoms with Gasteiger partial charge in [-0.1, -0.05) is 24.3 Å². The molecule has 0 aliphatic heterocycles. The third-order valence-corrected chi connectivity index (χ3v) is 3.49. The molecule has 1 N–H and O–H groups in total. The molecule has 0 unspecified atom stereocenters. The maximum Gasteiger partial charge on any atom is 0.292 e. The van der Waals surface area contributed by atoms with Gasteiger partial charge in [0.1, 0.15) is 0 Å². The largest absolute Gasteiger partial charge is 0.292 e. The predicted molar refractivity (Wildman–Crippen MR) is 88.4 cm³/mol. The van der Waals surface area contributed by atoms with E-state index in [0.29, 0.717) is 10.8 Å². The second-order valence-electron chi connectivity index (χ2n) is 5.20. The summed E-state index contributed by atoms with van der Waals surface area (Å²) in [4.78, 5) is 24.3. The highest BCUT2D eigenvalue weighted by atomic mass is 19.2. The quantitative estimate of drug-likeness (QED) is 0.584. The number of nitrogens with one attached hydrogen (secondary N) is 1. The highest BCUT2D eigenvalue weighted by Gasteiger charge is 2.14. The van der Waals surface area contributed by atoms with Crippen LogP contribution in [0.5, 0.6) is 0 Å². The number of amides is 1. The second-order valence-corrected chi connectivity index (χ2v) is 5.20. The van der Waals surface area contributed by atoms with Crippen LogP contribution >= 0.6 is 0 Å². The molecule has 8 heteroatoms. The fraction of sp³-hybridized carbons (Fsp3) is 0.0588. The number of aromatic nitrogens is 2. The van der Waals surface area contributed by atoms with Crippen molar-refractivity contribution in [3.8, 4) is 0 Å². The van der Waals surface area contributed by atoms with Gasteiger partial charge in [0.25, 0.3) is 11.5 Å². The molecule has 1 heterocycles. The number of hydrogen-bond donors (Lipinski definition) is 1. The van der Waals surface area contributed by atoms with Gasteiger partial charge in [-0.3, -0.25) is 9.59 Å². The zero-order valence-electron chi connectivity index (χ0n) is 13.0. The number of carbonyl (C=O) groups excluding carboxylic acids is 1. The van der Waals surface area contributed by atoms with Gasteiger partial charge in [0.15, 0.2) is 17.3 Å². The number of benzene rings is 2. The standard InChI is InChI=1S/C17H12F2N4O2/c1-23-17(25)12-5-3-2-4-11(12)15(22-23)16(24)21-20-9-10-6-7-13(18)14(19)8-10/h2-9H,1H3,(H,21,24)/b20-9+. The first-order chi connectivity index (χ1) is 12.0. The highest BCUT2D eigenvalue weighted by Crippen LogP contribution is 2.12. The normalized spacial score (nSPS) is 11.2. The summed E-state index contributed by atoms with van der Waals surface area (Å²) in [5.41, 5.74) is 2.24. The van der Waals surface area contributed by atoms with E-state index in [0.717, 1.165) is 16.8 Å². The number of hydrogen-bond acceptors (Lipinski definition) is 4. The summed E-state index contributed by atoms with van der Waals surface area (Å²) in [6.45, 7) is 0. The highest BCUT2D eigenvalue weighted by molar-refractivity contribution is 6.04. The molecule has 6 nitrogen and oxygen atoms in total. The number of rotatable bonds is 3. The van der Waals surface area contributed by atoms with Crippen molar-refractivity contribution in [3.05, 3.63) is 75.7 Å². The zero-order chi connectivity index (χ0) is 18.0. The van der Waals surface area contributed by atoms with Crippen LogP contribution in [0.3, 0.4) is 0 Å². The lowest BCUT2D eigenvalue weighted by Gasteiger charge is -2.06. The molecule has 0 aliphatic carbocycles. The fourth-order valence-corrected chi connectivity index (χ4v) is 2.28. The number of nitrogens with zero attached hydrogens (tertiary/aromatic N) is 3. The molecule has 0 saturated heterocycles. The molecule has 3 aromatic rings. The van der Waals surface area contributed by atoms with Gasteiger partial charge in [-0.2, -0.15) is 10.2 Å². The van der Waals surface area contributed by atoms with Crippen molar-refractivity contribution < 1.29 is 13.6 Å². The number of aryl methyl sites for hydroxylation is 1. The Kier molecular flexibility index (Phi) is 4.34. The van der Waals surface area contributed by atoms with E-state index in [1.807, 2.05) is 0 Å². The maximum atomic E-state index is 13.1. The first kappa shape index (κ1) is 16.4. The van der Waals surface area contributed by atoms with Gasteiger partial charge < -0.3 is 0 Å². The van der Waals surface area contributed by atoms with Gasteiger partial charge in [-0.25, -0.2) is 18.9 Å². The average molecular weight is 342 g/mol. The molecule has 0 radical (unpaired) electrons. The molecule has 0 fully saturated rings. The monoisotopic (exact) mass is 342 g/mol. The van der Waals surface area contributed by atoms with Crippen molar-refractivity contribution in [2.45, 2.75) is 0 Å².